The molecule has 0 aromatic rings. The zero-order valence-corrected chi connectivity index (χ0v) is 10.6. The lowest BCUT2D eigenvalue weighted by atomic mass is 10.2. The van der Waals surface area contributed by atoms with Gasteiger partial charge in [0.2, 0.25) is 0 Å². The number of hydrogen-bond donors (Lipinski definition) is 1. The number of nitrogens with one attached hydrogen (secondary N) is 1. The molecule has 0 aromatic heterocycles. The second-order valence-corrected chi connectivity index (χ2v) is 4.60. The van der Waals surface area contributed by atoms with Crippen molar-refractivity contribution < 1.29 is 0 Å². The third-order valence-corrected chi connectivity index (χ3v) is 3.09. The van der Waals surface area contributed by atoms with Crippen LogP contribution in [-0.4, -0.2) is 61.7 Å². The van der Waals surface area contributed by atoms with Gasteiger partial charge in [0.15, 0.2) is 0 Å². The standard InChI is InChI=1S/C12H27N3/c1-4-6-14-7-9-15(10-8-14)11-12(3)13-5-2/h12-13H,4-11H2,1-3H3. The molecule has 1 heterocycles. The first-order valence-electron chi connectivity index (χ1n) is 6.44. The summed E-state index contributed by atoms with van der Waals surface area (Å²) in [6.45, 7) is 15.3. The molecule has 1 saturated heterocycles. The lowest BCUT2D eigenvalue weighted by Gasteiger charge is -2.35. The average molecular weight is 213 g/mol. The van der Waals surface area contributed by atoms with Crippen LogP contribution >= 0.6 is 0 Å². The van der Waals surface area contributed by atoms with Crippen molar-refractivity contribution in [2.24, 2.45) is 0 Å². The van der Waals surface area contributed by atoms with Crippen molar-refractivity contribution in [3.63, 3.8) is 0 Å². The van der Waals surface area contributed by atoms with Crippen molar-refractivity contribution in [2.75, 3.05) is 45.8 Å². The average Bonchev–Trinajstić information content (AvgIpc) is 2.22. The minimum Gasteiger partial charge on any atom is -0.313 e. The van der Waals surface area contributed by atoms with Gasteiger partial charge >= 0.3 is 0 Å². The zero-order valence-electron chi connectivity index (χ0n) is 10.6. The molecule has 1 aliphatic heterocycles. The van der Waals surface area contributed by atoms with Gasteiger partial charge in [-0.1, -0.05) is 13.8 Å². The van der Waals surface area contributed by atoms with E-state index in [2.05, 4.69) is 35.9 Å². The van der Waals surface area contributed by atoms with Crippen LogP contribution in [0.5, 0.6) is 0 Å². The lowest BCUT2D eigenvalue weighted by Crippen LogP contribution is -2.50. The predicted octanol–water partition coefficient (Wildman–Crippen LogP) is 1.01. The van der Waals surface area contributed by atoms with E-state index in [1.54, 1.807) is 0 Å². The fourth-order valence-electron chi connectivity index (χ4n) is 2.31. The minimum atomic E-state index is 0.632. The van der Waals surface area contributed by atoms with Crippen molar-refractivity contribution in [3.8, 4) is 0 Å². The Morgan fingerprint density at radius 1 is 1.07 bits per heavy atom. The van der Waals surface area contributed by atoms with Gasteiger partial charge < -0.3 is 10.2 Å². The van der Waals surface area contributed by atoms with Crippen LogP contribution in [0.2, 0.25) is 0 Å². The maximum atomic E-state index is 3.47. The molecule has 90 valence electrons. The summed E-state index contributed by atoms with van der Waals surface area (Å²) in [7, 11) is 0. The highest BCUT2D eigenvalue weighted by Gasteiger charge is 2.17. The van der Waals surface area contributed by atoms with Crippen molar-refractivity contribution in [1.29, 1.82) is 0 Å². The molecule has 1 unspecified atom stereocenters. The molecule has 1 aliphatic rings. The maximum Gasteiger partial charge on any atom is 0.0166 e. The van der Waals surface area contributed by atoms with E-state index in [9.17, 15) is 0 Å². The number of hydrogen-bond acceptors (Lipinski definition) is 3. The number of piperazine rings is 1. The Hall–Kier alpha value is -0.120. The van der Waals surface area contributed by atoms with Crippen LogP contribution in [0.3, 0.4) is 0 Å². The van der Waals surface area contributed by atoms with Gasteiger partial charge in [-0.15, -0.1) is 0 Å². The molecular weight excluding hydrogens is 186 g/mol. The van der Waals surface area contributed by atoms with E-state index in [4.69, 9.17) is 0 Å². The number of rotatable bonds is 6. The summed E-state index contributed by atoms with van der Waals surface area (Å²) in [6.07, 6.45) is 1.29. The monoisotopic (exact) mass is 213 g/mol. The Balaban J connectivity index is 2.14. The molecule has 0 radical (unpaired) electrons. The molecule has 3 heteroatoms. The maximum absolute atomic E-state index is 3.47. The fourth-order valence-corrected chi connectivity index (χ4v) is 2.31. The molecule has 0 amide bonds. The highest BCUT2D eigenvalue weighted by Crippen LogP contribution is 2.03. The highest BCUT2D eigenvalue weighted by molar-refractivity contribution is 4.74. The first kappa shape index (κ1) is 12.9. The first-order valence-corrected chi connectivity index (χ1v) is 6.44. The summed E-state index contributed by atoms with van der Waals surface area (Å²) in [5.74, 6) is 0. The molecule has 0 aromatic carbocycles. The largest absolute Gasteiger partial charge is 0.313 e. The Morgan fingerprint density at radius 2 is 1.67 bits per heavy atom. The molecule has 15 heavy (non-hydrogen) atoms. The van der Waals surface area contributed by atoms with Gasteiger partial charge in [-0.25, -0.2) is 0 Å². The summed E-state index contributed by atoms with van der Waals surface area (Å²) in [5.41, 5.74) is 0. The highest BCUT2D eigenvalue weighted by atomic mass is 15.3. The van der Waals surface area contributed by atoms with E-state index in [0.29, 0.717) is 6.04 Å². The van der Waals surface area contributed by atoms with Gasteiger partial charge in [0.05, 0.1) is 0 Å². The van der Waals surface area contributed by atoms with Gasteiger partial charge in [-0.2, -0.15) is 0 Å². The van der Waals surface area contributed by atoms with Crippen molar-refractivity contribution in [1.82, 2.24) is 15.1 Å². The lowest BCUT2D eigenvalue weighted by molar-refractivity contribution is 0.125. The van der Waals surface area contributed by atoms with Crippen LogP contribution in [0.1, 0.15) is 27.2 Å². The van der Waals surface area contributed by atoms with Crippen molar-refractivity contribution >= 4 is 0 Å². The Kier molecular flexibility index (Phi) is 6.22. The topological polar surface area (TPSA) is 18.5 Å². The molecule has 3 nitrogen and oxygen atoms in total. The second-order valence-electron chi connectivity index (χ2n) is 4.60. The van der Waals surface area contributed by atoms with Crippen LogP contribution in [0.4, 0.5) is 0 Å². The summed E-state index contributed by atoms with van der Waals surface area (Å²) < 4.78 is 0. The van der Waals surface area contributed by atoms with E-state index in [-0.39, 0.29) is 0 Å². The SMILES string of the molecule is CCCN1CCN(CC(C)NCC)CC1. The predicted molar refractivity (Wildman–Crippen MR) is 66.3 cm³/mol. The van der Waals surface area contributed by atoms with Crippen LogP contribution in [-0.2, 0) is 0 Å². The Bertz CT molecular complexity index is 153. The van der Waals surface area contributed by atoms with Crippen LogP contribution in [0.15, 0.2) is 0 Å². The summed E-state index contributed by atoms with van der Waals surface area (Å²) in [4.78, 5) is 5.16. The van der Waals surface area contributed by atoms with Crippen LogP contribution in [0.25, 0.3) is 0 Å². The fraction of sp³-hybridized carbons (Fsp3) is 1.00. The number of nitrogens with zero attached hydrogens (tertiary/aromatic N) is 2. The van der Waals surface area contributed by atoms with Gasteiger partial charge in [0.1, 0.15) is 0 Å². The molecule has 1 rings (SSSR count). The van der Waals surface area contributed by atoms with Crippen molar-refractivity contribution in [2.45, 2.75) is 33.2 Å². The van der Waals surface area contributed by atoms with Gasteiger partial charge in [0, 0.05) is 38.8 Å². The molecule has 1 atom stereocenters. The quantitative estimate of drug-likeness (QED) is 0.710. The smallest absolute Gasteiger partial charge is 0.0166 e. The molecule has 0 aliphatic carbocycles. The summed E-state index contributed by atoms with van der Waals surface area (Å²) in [6, 6.07) is 0.632. The normalized spacial score (nSPS) is 21.8. The van der Waals surface area contributed by atoms with Crippen LogP contribution in [0, 0.1) is 0 Å². The van der Waals surface area contributed by atoms with Gasteiger partial charge in [0.25, 0.3) is 0 Å². The van der Waals surface area contributed by atoms with E-state index in [0.717, 1.165) is 6.54 Å². The molecule has 0 spiro atoms. The molecule has 0 bridgehead atoms. The van der Waals surface area contributed by atoms with E-state index >= 15 is 0 Å². The first-order chi connectivity index (χ1) is 7.26. The van der Waals surface area contributed by atoms with Crippen molar-refractivity contribution in [3.05, 3.63) is 0 Å². The minimum absolute atomic E-state index is 0.632. The molecule has 1 fully saturated rings. The third kappa shape index (κ3) is 4.96. The molecule has 1 N–H and O–H groups in total. The van der Waals surface area contributed by atoms with Gasteiger partial charge in [-0.3, -0.25) is 4.90 Å². The zero-order chi connectivity index (χ0) is 11.1. The molecule has 0 saturated carbocycles. The third-order valence-electron chi connectivity index (χ3n) is 3.09. The van der Waals surface area contributed by atoms with Gasteiger partial charge in [-0.05, 0) is 26.4 Å². The summed E-state index contributed by atoms with van der Waals surface area (Å²) in [5, 5.41) is 3.47. The van der Waals surface area contributed by atoms with E-state index < -0.39 is 0 Å². The van der Waals surface area contributed by atoms with E-state index in [1.165, 1.54) is 45.7 Å². The number of likely N-dealkylation sites (N-methyl/N-ethyl adjacent to an activating group) is 1. The van der Waals surface area contributed by atoms with E-state index in [1.807, 2.05) is 0 Å². The summed E-state index contributed by atoms with van der Waals surface area (Å²) >= 11 is 0. The van der Waals surface area contributed by atoms with Crippen LogP contribution < -0.4 is 5.32 Å². The second kappa shape index (κ2) is 7.20. The molecular formula is C12H27N3. The Morgan fingerprint density at radius 3 is 2.20 bits per heavy atom. The Labute approximate surface area is 94.8 Å².